The van der Waals surface area contributed by atoms with Crippen molar-refractivity contribution in [1.29, 1.82) is 0 Å². The summed E-state index contributed by atoms with van der Waals surface area (Å²) in [6.07, 6.45) is 5.42. The SMILES string of the molecule is CC(C)(C)OC(=O)NCC1CCC(CNC(=O)c2ccnc(-c3cccc(Cl)c3)c2)CC1. The number of halogens is 1. The molecular weight excluding hydrogens is 426 g/mol. The van der Waals surface area contributed by atoms with E-state index >= 15 is 0 Å². The van der Waals surface area contributed by atoms with Crippen LogP contribution in [0.2, 0.25) is 5.02 Å². The van der Waals surface area contributed by atoms with E-state index in [1.165, 1.54) is 0 Å². The van der Waals surface area contributed by atoms with Crippen molar-refractivity contribution in [3.8, 4) is 11.3 Å². The number of rotatable bonds is 6. The van der Waals surface area contributed by atoms with Gasteiger partial charge in [0.05, 0.1) is 5.69 Å². The maximum atomic E-state index is 12.7. The predicted molar refractivity (Wildman–Crippen MR) is 127 cm³/mol. The molecule has 1 aliphatic carbocycles. The Labute approximate surface area is 195 Å². The van der Waals surface area contributed by atoms with Gasteiger partial charge in [-0.05, 0) is 82.6 Å². The van der Waals surface area contributed by atoms with Crippen LogP contribution in [0.4, 0.5) is 4.79 Å². The van der Waals surface area contributed by atoms with E-state index in [1.807, 2.05) is 45.0 Å². The highest BCUT2D eigenvalue weighted by Crippen LogP contribution is 2.28. The number of aromatic nitrogens is 1. The molecule has 1 aromatic carbocycles. The lowest BCUT2D eigenvalue weighted by Crippen LogP contribution is -2.37. The first kappa shape index (κ1) is 24.1. The molecule has 172 valence electrons. The molecule has 7 heteroatoms. The van der Waals surface area contributed by atoms with E-state index in [9.17, 15) is 9.59 Å². The number of benzene rings is 1. The molecule has 1 heterocycles. The maximum Gasteiger partial charge on any atom is 0.407 e. The van der Waals surface area contributed by atoms with Crippen LogP contribution in [0.3, 0.4) is 0 Å². The lowest BCUT2D eigenvalue weighted by molar-refractivity contribution is 0.0512. The van der Waals surface area contributed by atoms with Crippen molar-refractivity contribution in [2.24, 2.45) is 11.8 Å². The number of ether oxygens (including phenoxy) is 1. The summed E-state index contributed by atoms with van der Waals surface area (Å²) >= 11 is 6.07. The summed E-state index contributed by atoms with van der Waals surface area (Å²) < 4.78 is 5.29. The van der Waals surface area contributed by atoms with Gasteiger partial charge in [-0.2, -0.15) is 0 Å². The van der Waals surface area contributed by atoms with Crippen molar-refractivity contribution in [3.05, 3.63) is 53.2 Å². The Morgan fingerprint density at radius 2 is 1.69 bits per heavy atom. The molecule has 0 saturated heterocycles. The Hall–Kier alpha value is -2.60. The lowest BCUT2D eigenvalue weighted by Gasteiger charge is -2.29. The number of alkyl carbamates (subject to hydrolysis) is 1. The van der Waals surface area contributed by atoms with E-state index in [1.54, 1.807) is 18.3 Å². The van der Waals surface area contributed by atoms with Crippen molar-refractivity contribution in [3.63, 3.8) is 0 Å². The van der Waals surface area contributed by atoms with E-state index < -0.39 is 5.60 Å². The third-order valence-electron chi connectivity index (χ3n) is 5.59. The zero-order valence-electron chi connectivity index (χ0n) is 19.0. The van der Waals surface area contributed by atoms with Crippen LogP contribution in [-0.2, 0) is 4.74 Å². The second-order valence-electron chi connectivity index (χ2n) is 9.42. The monoisotopic (exact) mass is 457 g/mol. The van der Waals surface area contributed by atoms with Gasteiger partial charge in [-0.15, -0.1) is 0 Å². The first-order chi connectivity index (χ1) is 15.2. The van der Waals surface area contributed by atoms with Crippen molar-refractivity contribution < 1.29 is 14.3 Å². The average molecular weight is 458 g/mol. The first-order valence-electron chi connectivity index (χ1n) is 11.2. The van der Waals surface area contributed by atoms with Gasteiger partial charge in [0.15, 0.2) is 0 Å². The molecule has 0 radical (unpaired) electrons. The summed E-state index contributed by atoms with van der Waals surface area (Å²) in [6, 6.07) is 11.0. The molecule has 2 amide bonds. The normalized spacial score (nSPS) is 18.6. The van der Waals surface area contributed by atoms with Gasteiger partial charge in [-0.25, -0.2) is 4.79 Å². The summed E-state index contributed by atoms with van der Waals surface area (Å²) in [4.78, 5) is 28.8. The Morgan fingerprint density at radius 3 is 2.31 bits per heavy atom. The number of carbonyl (C=O) groups excluding carboxylic acids is 2. The second kappa shape index (κ2) is 10.8. The van der Waals surface area contributed by atoms with Gasteiger partial charge in [-0.3, -0.25) is 9.78 Å². The minimum atomic E-state index is -0.482. The highest BCUT2D eigenvalue weighted by molar-refractivity contribution is 6.30. The number of hydrogen-bond donors (Lipinski definition) is 2. The fraction of sp³-hybridized carbons (Fsp3) is 0.480. The van der Waals surface area contributed by atoms with E-state index in [0.717, 1.165) is 36.9 Å². The van der Waals surface area contributed by atoms with Crippen LogP contribution in [0.1, 0.15) is 56.8 Å². The molecule has 0 bridgehead atoms. The zero-order chi connectivity index (χ0) is 23.1. The molecular formula is C25H32ClN3O3. The molecule has 1 aromatic heterocycles. The van der Waals surface area contributed by atoms with Gasteiger partial charge < -0.3 is 15.4 Å². The molecule has 3 rings (SSSR count). The number of pyridine rings is 1. The Balaban J connectivity index is 1.43. The smallest absolute Gasteiger partial charge is 0.407 e. The van der Waals surface area contributed by atoms with Crippen molar-refractivity contribution in [2.45, 2.75) is 52.1 Å². The number of amides is 2. The largest absolute Gasteiger partial charge is 0.444 e. The second-order valence-corrected chi connectivity index (χ2v) is 9.86. The van der Waals surface area contributed by atoms with Crippen LogP contribution >= 0.6 is 11.6 Å². The topological polar surface area (TPSA) is 80.3 Å². The summed E-state index contributed by atoms with van der Waals surface area (Å²) in [5, 5.41) is 6.57. The Morgan fingerprint density at radius 1 is 1.03 bits per heavy atom. The third kappa shape index (κ3) is 7.52. The molecule has 0 unspecified atom stereocenters. The van der Waals surface area contributed by atoms with E-state index in [4.69, 9.17) is 16.3 Å². The van der Waals surface area contributed by atoms with Gasteiger partial charge in [0.25, 0.3) is 5.91 Å². The quantitative estimate of drug-likeness (QED) is 0.603. The number of hydrogen-bond acceptors (Lipinski definition) is 4. The minimum Gasteiger partial charge on any atom is -0.444 e. The van der Waals surface area contributed by atoms with Gasteiger partial charge in [0.1, 0.15) is 5.60 Å². The molecule has 6 nitrogen and oxygen atoms in total. The third-order valence-corrected chi connectivity index (χ3v) is 5.83. The van der Waals surface area contributed by atoms with Gasteiger partial charge in [0, 0.05) is 35.4 Å². The fourth-order valence-electron chi connectivity index (χ4n) is 3.90. The van der Waals surface area contributed by atoms with Crippen LogP contribution in [0.25, 0.3) is 11.3 Å². The molecule has 0 atom stereocenters. The Kier molecular flexibility index (Phi) is 8.13. The first-order valence-corrected chi connectivity index (χ1v) is 11.5. The molecule has 2 N–H and O–H groups in total. The van der Waals surface area contributed by atoms with Gasteiger partial charge >= 0.3 is 6.09 Å². The number of nitrogens with zero attached hydrogens (tertiary/aromatic N) is 1. The summed E-state index contributed by atoms with van der Waals surface area (Å²) in [6.45, 7) is 6.86. The summed E-state index contributed by atoms with van der Waals surface area (Å²) in [7, 11) is 0. The van der Waals surface area contributed by atoms with Crippen LogP contribution in [-0.4, -0.2) is 35.7 Å². The summed E-state index contributed by atoms with van der Waals surface area (Å²) in [5.41, 5.74) is 1.71. The average Bonchev–Trinajstić information content (AvgIpc) is 2.76. The van der Waals surface area contributed by atoms with Gasteiger partial charge in [-0.1, -0.05) is 23.7 Å². The van der Waals surface area contributed by atoms with Crippen LogP contribution in [0.5, 0.6) is 0 Å². The summed E-state index contributed by atoms with van der Waals surface area (Å²) in [5.74, 6) is 0.810. The van der Waals surface area contributed by atoms with Crippen molar-refractivity contribution >= 4 is 23.6 Å². The lowest BCUT2D eigenvalue weighted by atomic mass is 9.82. The van der Waals surface area contributed by atoms with E-state index in [-0.39, 0.29) is 12.0 Å². The highest BCUT2D eigenvalue weighted by atomic mass is 35.5. The molecule has 2 aromatic rings. The zero-order valence-corrected chi connectivity index (χ0v) is 19.7. The minimum absolute atomic E-state index is 0.0932. The highest BCUT2D eigenvalue weighted by Gasteiger charge is 2.23. The van der Waals surface area contributed by atoms with Crippen LogP contribution in [0, 0.1) is 11.8 Å². The molecule has 1 aliphatic rings. The number of nitrogens with one attached hydrogen (secondary N) is 2. The molecule has 0 aliphatic heterocycles. The van der Waals surface area contributed by atoms with Crippen LogP contribution in [0.15, 0.2) is 42.6 Å². The van der Waals surface area contributed by atoms with Crippen molar-refractivity contribution in [2.75, 3.05) is 13.1 Å². The molecule has 1 fully saturated rings. The maximum absolute atomic E-state index is 12.7. The molecule has 1 saturated carbocycles. The molecule has 32 heavy (non-hydrogen) atoms. The standard InChI is InChI=1S/C25H32ClN3O3/c1-25(2,3)32-24(31)29-16-18-9-7-17(8-10-18)15-28-23(30)20-11-12-27-22(14-20)19-5-4-6-21(26)13-19/h4-6,11-14,17-18H,7-10,15-16H2,1-3H3,(H,28,30)(H,29,31). The molecule has 0 spiro atoms. The van der Waals surface area contributed by atoms with E-state index in [0.29, 0.717) is 35.5 Å². The van der Waals surface area contributed by atoms with Crippen molar-refractivity contribution in [1.82, 2.24) is 15.6 Å². The number of carbonyl (C=O) groups is 2. The predicted octanol–water partition coefficient (Wildman–Crippen LogP) is 5.46. The van der Waals surface area contributed by atoms with Crippen LogP contribution < -0.4 is 10.6 Å². The fourth-order valence-corrected chi connectivity index (χ4v) is 4.09. The van der Waals surface area contributed by atoms with Gasteiger partial charge in [0.2, 0.25) is 0 Å². The van der Waals surface area contributed by atoms with E-state index in [2.05, 4.69) is 15.6 Å². The Bertz CT molecular complexity index is 934.